The molecule has 4 heteroatoms. The molecule has 2 N–H and O–H groups in total. The number of benzene rings is 1. The minimum Gasteiger partial charge on any atom is -0.367 e. The van der Waals surface area contributed by atoms with Gasteiger partial charge in [-0.15, -0.1) is 0 Å². The van der Waals surface area contributed by atoms with Gasteiger partial charge in [0.1, 0.15) is 5.82 Å². The van der Waals surface area contributed by atoms with Gasteiger partial charge >= 0.3 is 0 Å². The average molecular weight is 279 g/mol. The normalized spacial score (nSPS) is 15.9. The van der Waals surface area contributed by atoms with Crippen molar-refractivity contribution < 1.29 is 4.39 Å². The third-order valence-electron chi connectivity index (χ3n) is 3.70. The molecule has 0 amide bonds. The molecule has 0 atom stereocenters. The second-order valence-corrected chi connectivity index (χ2v) is 5.88. The number of nitrogens with one attached hydrogen (secondary N) is 2. The minimum atomic E-state index is -0.113. The fraction of sp³-hybridized carbons (Fsp3) is 0.625. The lowest BCUT2D eigenvalue weighted by atomic mass is 10.1. The average Bonchev–Trinajstić information content (AvgIpc) is 2.46. The first kappa shape index (κ1) is 15.3. The molecule has 0 radical (unpaired) electrons. The van der Waals surface area contributed by atoms with Crippen molar-refractivity contribution in [2.75, 3.05) is 37.6 Å². The van der Waals surface area contributed by atoms with Gasteiger partial charge in [0.2, 0.25) is 0 Å². The number of hydrogen-bond donors (Lipinski definition) is 2. The van der Waals surface area contributed by atoms with Gasteiger partial charge in [0.25, 0.3) is 0 Å². The number of rotatable bonds is 6. The molecule has 1 heterocycles. The summed E-state index contributed by atoms with van der Waals surface area (Å²) in [7, 11) is 0. The van der Waals surface area contributed by atoms with Crippen LogP contribution >= 0.6 is 0 Å². The second kappa shape index (κ2) is 7.60. The monoisotopic (exact) mass is 279 g/mol. The predicted molar refractivity (Wildman–Crippen MR) is 82.6 cm³/mol. The van der Waals surface area contributed by atoms with E-state index in [4.69, 9.17) is 0 Å². The van der Waals surface area contributed by atoms with Crippen LogP contribution in [0, 0.1) is 11.7 Å². The van der Waals surface area contributed by atoms with Gasteiger partial charge in [0.05, 0.1) is 5.69 Å². The molecular formula is C16H26FN3. The molecule has 1 aromatic rings. The summed E-state index contributed by atoms with van der Waals surface area (Å²) in [6.45, 7) is 9.88. The lowest BCUT2D eigenvalue weighted by Gasteiger charge is -2.30. The third-order valence-corrected chi connectivity index (χ3v) is 3.70. The van der Waals surface area contributed by atoms with Gasteiger partial charge in [0.15, 0.2) is 0 Å². The summed E-state index contributed by atoms with van der Waals surface area (Å²) in [6.07, 6.45) is 1.17. The summed E-state index contributed by atoms with van der Waals surface area (Å²) in [5.41, 5.74) is 1.90. The maximum absolute atomic E-state index is 14.0. The zero-order chi connectivity index (χ0) is 14.4. The largest absolute Gasteiger partial charge is 0.367 e. The molecule has 0 aliphatic carbocycles. The van der Waals surface area contributed by atoms with Crippen molar-refractivity contribution in [1.29, 1.82) is 0 Å². The maximum Gasteiger partial charge on any atom is 0.146 e. The van der Waals surface area contributed by atoms with Crippen LogP contribution in [-0.2, 0) is 6.54 Å². The van der Waals surface area contributed by atoms with Crippen molar-refractivity contribution in [1.82, 2.24) is 10.6 Å². The molecule has 1 aromatic carbocycles. The van der Waals surface area contributed by atoms with E-state index >= 15 is 0 Å². The van der Waals surface area contributed by atoms with Gasteiger partial charge in [-0.3, -0.25) is 0 Å². The Kier molecular flexibility index (Phi) is 5.80. The lowest BCUT2D eigenvalue weighted by molar-refractivity contribution is 0.536. The van der Waals surface area contributed by atoms with Gasteiger partial charge < -0.3 is 15.5 Å². The quantitative estimate of drug-likeness (QED) is 0.783. The Hall–Kier alpha value is -1.13. The summed E-state index contributed by atoms with van der Waals surface area (Å²) >= 11 is 0. The Morgan fingerprint density at radius 2 is 2.05 bits per heavy atom. The van der Waals surface area contributed by atoms with E-state index in [-0.39, 0.29) is 5.82 Å². The zero-order valence-electron chi connectivity index (χ0n) is 12.6. The van der Waals surface area contributed by atoms with E-state index in [1.54, 1.807) is 6.07 Å². The maximum atomic E-state index is 14.0. The highest BCUT2D eigenvalue weighted by Gasteiger charge is 2.14. The fourth-order valence-corrected chi connectivity index (χ4v) is 2.44. The number of anilines is 1. The topological polar surface area (TPSA) is 27.3 Å². The molecule has 112 valence electrons. The van der Waals surface area contributed by atoms with E-state index in [9.17, 15) is 4.39 Å². The molecule has 0 aromatic heterocycles. The van der Waals surface area contributed by atoms with Gasteiger partial charge in [-0.2, -0.15) is 0 Å². The van der Waals surface area contributed by atoms with Crippen LogP contribution in [0.5, 0.6) is 0 Å². The second-order valence-electron chi connectivity index (χ2n) is 5.88. The predicted octanol–water partition coefficient (Wildman–Crippen LogP) is 2.37. The van der Waals surface area contributed by atoms with Crippen LogP contribution in [-0.4, -0.2) is 32.7 Å². The molecule has 0 bridgehead atoms. The zero-order valence-corrected chi connectivity index (χ0v) is 12.6. The lowest BCUT2D eigenvalue weighted by Crippen LogP contribution is -2.43. The molecule has 1 aliphatic rings. The number of nitrogens with zero attached hydrogens (tertiary/aromatic N) is 1. The van der Waals surface area contributed by atoms with Crippen molar-refractivity contribution in [3.05, 3.63) is 29.6 Å². The summed E-state index contributed by atoms with van der Waals surface area (Å²) < 4.78 is 14.0. The molecule has 20 heavy (non-hydrogen) atoms. The Balaban J connectivity index is 1.93. The van der Waals surface area contributed by atoms with E-state index in [1.807, 2.05) is 12.1 Å². The SMILES string of the molecule is CC(C)CCNCc1ccc(F)c(N2CCNCC2)c1. The summed E-state index contributed by atoms with van der Waals surface area (Å²) in [4.78, 5) is 2.13. The van der Waals surface area contributed by atoms with Crippen LogP contribution < -0.4 is 15.5 Å². The fourth-order valence-electron chi connectivity index (χ4n) is 2.44. The molecule has 0 saturated carbocycles. The van der Waals surface area contributed by atoms with E-state index in [1.165, 1.54) is 6.42 Å². The first-order valence-electron chi connectivity index (χ1n) is 7.61. The highest BCUT2D eigenvalue weighted by atomic mass is 19.1. The Labute approximate surface area is 121 Å². The van der Waals surface area contributed by atoms with Crippen LogP contribution in [0.3, 0.4) is 0 Å². The molecule has 3 nitrogen and oxygen atoms in total. The Morgan fingerprint density at radius 3 is 2.75 bits per heavy atom. The first-order chi connectivity index (χ1) is 9.66. The van der Waals surface area contributed by atoms with Gasteiger partial charge in [-0.05, 0) is 36.6 Å². The Morgan fingerprint density at radius 1 is 1.30 bits per heavy atom. The third kappa shape index (κ3) is 4.46. The van der Waals surface area contributed by atoms with Crippen LogP contribution in [0.25, 0.3) is 0 Å². The molecule has 0 unspecified atom stereocenters. The van der Waals surface area contributed by atoms with Crippen molar-refractivity contribution >= 4 is 5.69 Å². The summed E-state index contributed by atoms with van der Waals surface area (Å²) in [5.74, 6) is 0.602. The summed E-state index contributed by atoms with van der Waals surface area (Å²) in [6, 6.07) is 5.46. The Bertz CT molecular complexity index is 414. The standard InChI is InChI=1S/C16H26FN3/c1-13(2)5-6-19-12-14-3-4-15(17)16(11-14)20-9-7-18-8-10-20/h3-4,11,13,18-19H,5-10,12H2,1-2H3. The van der Waals surface area contributed by atoms with E-state index in [0.717, 1.165) is 50.5 Å². The molecule has 1 aliphatic heterocycles. The molecule has 2 rings (SSSR count). The molecule has 1 fully saturated rings. The highest BCUT2D eigenvalue weighted by Crippen LogP contribution is 2.21. The van der Waals surface area contributed by atoms with Crippen molar-refractivity contribution in [2.45, 2.75) is 26.8 Å². The van der Waals surface area contributed by atoms with E-state index in [2.05, 4.69) is 29.4 Å². The smallest absolute Gasteiger partial charge is 0.146 e. The molecule has 0 spiro atoms. The number of hydrogen-bond acceptors (Lipinski definition) is 3. The van der Waals surface area contributed by atoms with Crippen molar-refractivity contribution in [2.24, 2.45) is 5.92 Å². The van der Waals surface area contributed by atoms with Gasteiger partial charge in [-0.1, -0.05) is 19.9 Å². The number of piperazine rings is 1. The van der Waals surface area contributed by atoms with Crippen LogP contribution in [0.1, 0.15) is 25.8 Å². The molecular weight excluding hydrogens is 253 g/mol. The van der Waals surface area contributed by atoms with E-state index in [0.29, 0.717) is 5.92 Å². The van der Waals surface area contributed by atoms with Gasteiger partial charge in [-0.25, -0.2) is 4.39 Å². The van der Waals surface area contributed by atoms with Crippen LogP contribution in [0.4, 0.5) is 10.1 Å². The molecule has 1 saturated heterocycles. The first-order valence-corrected chi connectivity index (χ1v) is 7.61. The van der Waals surface area contributed by atoms with Crippen molar-refractivity contribution in [3.8, 4) is 0 Å². The number of halogens is 1. The summed E-state index contributed by atoms with van der Waals surface area (Å²) in [5, 5.41) is 6.72. The van der Waals surface area contributed by atoms with Crippen molar-refractivity contribution in [3.63, 3.8) is 0 Å². The minimum absolute atomic E-state index is 0.113. The van der Waals surface area contributed by atoms with Gasteiger partial charge in [0, 0.05) is 32.7 Å². The van der Waals surface area contributed by atoms with Crippen LogP contribution in [0.2, 0.25) is 0 Å². The highest BCUT2D eigenvalue weighted by molar-refractivity contribution is 5.50. The van der Waals surface area contributed by atoms with Crippen LogP contribution in [0.15, 0.2) is 18.2 Å². The van der Waals surface area contributed by atoms with E-state index < -0.39 is 0 Å².